The van der Waals surface area contributed by atoms with Crippen LogP contribution in [-0.4, -0.2) is 30.9 Å². The highest BCUT2D eigenvalue weighted by Crippen LogP contribution is 2.35. The molecule has 1 heterocycles. The number of aryl methyl sites for hydroxylation is 2. The third-order valence-corrected chi connectivity index (χ3v) is 6.54. The van der Waals surface area contributed by atoms with E-state index in [-0.39, 0.29) is 6.61 Å². The normalized spacial score (nSPS) is 16.5. The fourth-order valence-electron chi connectivity index (χ4n) is 4.60. The third-order valence-electron chi connectivity index (χ3n) is 6.54. The van der Waals surface area contributed by atoms with Gasteiger partial charge in [0, 0.05) is 0 Å². The Kier molecular flexibility index (Phi) is 6.16. The van der Waals surface area contributed by atoms with Gasteiger partial charge in [0.25, 0.3) is 0 Å². The van der Waals surface area contributed by atoms with Crippen molar-refractivity contribution in [1.82, 2.24) is 0 Å². The summed E-state index contributed by atoms with van der Waals surface area (Å²) in [6.07, 6.45) is 4.95. The van der Waals surface area contributed by atoms with Gasteiger partial charge in [-0.3, -0.25) is 0 Å². The van der Waals surface area contributed by atoms with E-state index in [0.717, 1.165) is 16.9 Å². The van der Waals surface area contributed by atoms with Crippen molar-refractivity contribution < 1.29 is 24.1 Å². The molecular formula is C28H28O5. The van der Waals surface area contributed by atoms with Crippen molar-refractivity contribution in [2.24, 2.45) is 0 Å². The quantitative estimate of drug-likeness (QED) is 0.521. The number of fused-ring (bicyclic) bond motifs is 1. The second-order valence-corrected chi connectivity index (χ2v) is 8.87. The highest BCUT2D eigenvalue weighted by Gasteiger charge is 2.42. The van der Waals surface area contributed by atoms with Gasteiger partial charge in [0.15, 0.2) is 0 Å². The van der Waals surface area contributed by atoms with Gasteiger partial charge in [-0.15, -0.1) is 0 Å². The molecular weight excluding hydrogens is 416 g/mol. The fraction of sp³-hybridized carbons (Fsp3) is 0.321. The molecule has 0 radical (unpaired) electrons. The first-order valence-corrected chi connectivity index (χ1v) is 11.5. The molecule has 0 amide bonds. The third kappa shape index (κ3) is 4.80. The van der Waals surface area contributed by atoms with E-state index in [1.165, 1.54) is 47.9 Å². The second-order valence-electron chi connectivity index (χ2n) is 8.87. The molecule has 0 saturated carbocycles. The van der Waals surface area contributed by atoms with Crippen molar-refractivity contribution in [3.05, 3.63) is 89.0 Å². The lowest BCUT2D eigenvalue weighted by atomic mass is 9.89. The van der Waals surface area contributed by atoms with E-state index in [9.17, 15) is 4.79 Å². The zero-order valence-corrected chi connectivity index (χ0v) is 18.6. The minimum absolute atomic E-state index is 0.345. The molecule has 5 nitrogen and oxygen atoms in total. The molecule has 0 atom stereocenters. The summed E-state index contributed by atoms with van der Waals surface area (Å²) in [7, 11) is 0. The van der Waals surface area contributed by atoms with E-state index < -0.39 is 11.6 Å². The highest BCUT2D eigenvalue weighted by atomic mass is 16.6. The van der Waals surface area contributed by atoms with Crippen LogP contribution in [0.5, 0.6) is 5.75 Å². The van der Waals surface area contributed by atoms with Crippen molar-refractivity contribution in [1.29, 1.82) is 0 Å². The first-order chi connectivity index (χ1) is 16.1. The van der Waals surface area contributed by atoms with Crippen LogP contribution in [0.4, 0.5) is 0 Å². The zero-order valence-electron chi connectivity index (χ0n) is 18.6. The standard InChI is InChI=1S/C28H28O5/c29-27(30)17-33-28(18-31-19-28)25-10-12-26(13-11-25)32-16-20-4-3-7-22(14-20)24-9-8-21-5-1-2-6-23(21)15-24/h3-4,7-15H,1-2,5-6,16-19H2,(H,29,30). The average Bonchev–Trinajstić information content (AvgIpc) is 2.82. The van der Waals surface area contributed by atoms with Gasteiger partial charge in [-0.1, -0.05) is 48.5 Å². The molecule has 3 aromatic carbocycles. The van der Waals surface area contributed by atoms with E-state index in [1.807, 2.05) is 24.3 Å². The Bertz CT molecular complexity index is 1130. The summed E-state index contributed by atoms with van der Waals surface area (Å²) in [4.78, 5) is 10.9. The van der Waals surface area contributed by atoms with Gasteiger partial charge in [-0.2, -0.15) is 0 Å². The van der Waals surface area contributed by atoms with Crippen LogP contribution in [0, 0.1) is 0 Å². The van der Waals surface area contributed by atoms with Crippen LogP contribution in [-0.2, 0) is 39.3 Å². The van der Waals surface area contributed by atoms with Gasteiger partial charge in [-0.25, -0.2) is 4.79 Å². The van der Waals surface area contributed by atoms with E-state index in [4.69, 9.17) is 19.3 Å². The Morgan fingerprint density at radius 3 is 2.39 bits per heavy atom. The summed E-state index contributed by atoms with van der Waals surface area (Å²) < 4.78 is 16.9. The average molecular weight is 445 g/mol. The van der Waals surface area contributed by atoms with Gasteiger partial charge < -0.3 is 19.3 Å². The van der Waals surface area contributed by atoms with E-state index in [0.29, 0.717) is 19.8 Å². The van der Waals surface area contributed by atoms with Gasteiger partial charge in [0.05, 0.1) is 13.2 Å². The van der Waals surface area contributed by atoms with Crippen LogP contribution in [0.15, 0.2) is 66.7 Å². The van der Waals surface area contributed by atoms with Crippen molar-refractivity contribution in [3.8, 4) is 16.9 Å². The monoisotopic (exact) mass is 444 g/mol. The molecule has 0 spiro atoms. The highest BCUT2D eigenvalue weighted by molar-refractivity contribution is 5.68. The summed E-state index contributed by atoms with van der Waals surface area (Å²) >= 11 is 0. The summed E-state index contributed by atoms with van der Waals surface area (Å²) in [5, 5.41) is 8.92. The maximum atomic E-state index is 10.9. The fourth-order valence-corrected chi connectivity index (χ4v) is 4.60. The lowest BCUT2D eigenvalue weighted by Gasteiger charge is -2.41. The molecule has 3 aromatic rings. The molecule has 0 unspecified atom stereocenters. The number of ether oxygens (including phenoxy) is 3. The van der Waals surface area contributed by atoms with E-state index in [1.54, 1.807) is 0 Å². The van der Waals surface area contributed by atoms with Gasteiger partial charge in [-0.05, 0) is 77.3 Å². The molecule has 170 valence electrons. The Morgan fingerprint density at radius 1 is 0.909 bits per heavy atom. The van der Waals surface area contributed by atoms with E-state index >= 15 is 0 Å². The molecule has 33 heavy (non-hydrogen) atoms. The van der Waals surface area contributed by atoms with Crippen LogP contribution in [0.2, 0.25) is 0 Å². The van der Waals surface area contributed by atoms with E-state index in [2.05, 4.69) is 42.5 Å². The van der Waals surface area contributed by atoms with Gasteiger partial charge >= 0.3 is 5.97 Å². The molecule has 1 fully saturated rings. The maximum Gasteiger partial charge on any atom is 0.329 e. The minimum Gasteiger partial charge on any atom is -0.489 e. The summed E-state index contributed by atoms with van der Waals surface area (Å²) in [5.41, 5.74) is 6.79. The van der Waals surface area contributed by atoms with Gasteiger partial charge in [0.1, 0.15) is 24.6 Å². The number of rotatable bonds is 8. The Hall–Kier alpha value is -3.15. The predicted molar refractivity (Wildman–Crippen MR) is 125 cm³/mol. The maximum absolute atomic E-state index is 10.9. The largest absolute Gasteiger partial charge is 0.489 e. The Labute approximate surface area is 193 Å². The SMILES string of the molecule is O=C(O)COC1(c2ccc(OCc3cccc(-c4ccc5c(c4)CCCC5)c3)cc2)COC1. The first-order valence-electron chi connectivity index (χ1n) is 11.5. The van der Waals surface area contributed by atoms with Crippen molar-refractivity contribution in [2.75, 3.05) is 19.8 Å². The summed E-state index contributed by atoms with van der Waals surface area (Å²) in [6.45, 7) is 0.843. The topological polar surface area (TPSA) is 65.0 Å². The lowest BCUT2D eigenvalue weighted by Crippen LogP contribution is -2.49. The van der Waals surface area contributed by atoms with Crippen LogP contribution in [0.25, 0.3) is 11.1 Å². The summed E-state index contributed by atoms with van der Waals surface area (Å²) in [6, 6.07) is 23.0. The zero-order chi connectivity index (χ0) is 22.7. The number of hydrogen-bond acceptors (Lipinski definition) is 4. The molecule has 0 bridgehead atoms. The number of aliphatic carboxylic acids is 1. The van der Waals surface area contributed by atoms with Gasteiger partial charge in [0.2, 0.25) is 0 Å². The second kappa shape index (κ2) is 9.38. The number of benzene rings is 3. The summed E-state index contributed by atoms with van der Waals surface area (Å²) in [5.74, 6) is -0.231. The van der Waals surface area contributed by atoms with Crippen molar-refractivity contribution >= 4 is 5.97 Å². The number of hydrogen-bond donors (Lipinski definition) is 1. The Balaban J connectivity index is 1.24. The van der Waals surface area contributed by atoms with Crippen LogP contribution >= 0.6 is 0 Å². The molecule has 0 aromatic heterocycles. The van der Waals surface area contributed by atoms with Crippen molar-refractivity contribution in [2.45, 2.75) is 37.9 Å². The molecule has 1 saturated heterocycles. The molecule has 1 N–H and O–H groups in total. The molecule has 1 aliphatic carbocycles. The minimum atomic E-state index is -0.987. The number of carboxylic acid groups (broad SMARTS) is 1. The van der Waals surface area contributed by atoms with Crippen LogP contribution in [0.3, 0.4) is 0 Å². The van der Waals surface area contributed by atoms with Crippen LogP contribution in [0.1, 0.15) is 35.1 Å². The molecule has 5 heteroatoms. The number of carbonyl (C=O) groups is 1. The Morgan fingerprint density at radius 2 is 1.67 bits per heavy atom. The molecule has 1 aliphatic heterocycles. The van der Waals surface area contributed by atoms with Crippen molar-refractivity contribution in [3.63, 3.8) is 0 Å². The smallest absolute Gasteiger partial charge is 0.329 e. The lowest BCUT2D eigenvalue weighted by molar-refractivity contribution is -0.220. The number of carboxylic acids is 1. The first kappa shape index (κ1) is 21.7. The molecule has 5 rings (SSSR count). The molecule has 2 aliphatic rings. The predicted octanol–water partition coefficient (Wildman–Crippen LogP) is 5.14. The van der Waals surface area contributed by atoms with Crippen LogP contribution < -0.4 is 4.74 Å².